The van der Waals surface area contributed by atoms with Crippen LogP contribution in [0.25, 0.3) is 17.3 Å². The molecule has 1 aromatic heterocycles. The highest BCUT2D eigenvalue weighted by Crippen LogP contribution is 2.18. The van der Waals surface area contributed by atoms with E-state index >= 15 is 0 Å². The second-order valence-electron chi connectivity index (χ2n) is 7.25. The summed E-state index contributed by atoms with van der Waals surface area (Å²) >= 11 is 1.13. The zero-order valence-electron chi connectivity index (χ0n) is 18.2. The van der Waals surface area contributed by atoms with Gasteiger partial charge in [-0.2, -0.15) is 5.26 Å². The van der Waals surface area contributed by atoms with Gasteiger partial charge in [0.15, 0.2) is 5.57 Å². The molecule has 1 aliphatic rings. The fourth-order valence-electron chi connectivity index (χ4n) is 3.60. The molecule has 0 saturated carbocycles. The van der Waals surface area contributed by atoms with Gasteiger partial charge < -0.3 is 14.4 Å². The zero-order chi connectivity index (χ0) is 23.2. The number of thiazole rings is 1. The van der Waals surface area contributed by atoms with Gasteiger partial charge in [0.2, 0.25) is 0 Å². The van der Waals surface area contributed by atoms with Crippen molar-refractivity contribution in [1.29, 1.82) is 5.26 Å². The molecule has 0 spiro atoms. The molecule has 0 N–H and O–H groups in total. The maximum Gasteiger partial charge on any atom is 0.273 e. The molecule has 2 heterocycles. The summed E-state index contributed by atoms with van der Waals surface area (Å²) in [7, 11) is 0. The van der Waals surface area contributed by atoms with E-state index in [1.54, 1.807) is 23.1 Å². The first-order valence-electron chi connectivity index (χ1n) is 10.7. The summed E-state index contributed by atoms with van der Waals surface area (Å²) in [4.78, 5) is 28.3. The first-order valence-corrected chi connectivity index (χ1v) is 11.5. The second-order valence-corrected chi connectivity index (χ2v) is 8.28. The minimum Gasteiger partial charge on any atom is -0.493 e. The van der Waals surface area contributed by atoms with E-state index in [1.165, 1.54) is 4.57 Å². The molecule has 168 valence electrons. The fraction of sp³-hybridized carbons (Fsp3) is 0.240. The Kier molecular flexibility index (Phi) is 7.03. The van der Waals surface area contributed by atoms with E-state index in [2.05, 4.69) is 6.07 Å². The third-order valence-corrected chi connectivity index (χ3v) is 6.27. The number of ether oxygens (including phenoxy) is 2. The smallest absolute Gasteiger partial charge is 0.273 e. The molecular weight excluding hydrogens is 438 g/mol. The average molecular weight is 462 g/mol. The SMILES string of the molecule is CCOc1ccccc1/C=c1/s/c(=C(/C#N)C(=O)N2CCOCC2)n(-c2ccccc2)c1=O. The molecule has 1 saturated heterocycles. The van der Waals surface area contributed by atoms with E-state index in [9.17, 15) is 14.9 Å². The first-order chi connectivity index (χ1) is 16.1. The van der Waals surface area contributed by atoms with Crippen LogP contribution < -0.4 is 19.5 Å². The van der Waals surface area contributed by atoms with Gasteiger partial charge in [0.05, 0.1) is 30.0 Å². The van der Waals surface area contributed by atoms with E-state index in [0.29, 0.717) is 53.5 Å². The predicted molar refractivity (Wildman–Crippen MR) is 127 cm³/mol. The van der Waals surface area contributed by atoms with Gasteiger partial charge in [0, 0.05) is 18.7 Å². The molecule has 33 heavy (non-hydrogen) atoms. The molecule has 1 aliphatic heterocycles. The summed E-state index contributed by atoms with van der Waals surface area (Å²) in [5.41, 5.74) is 0.993. The quantitative estimate of drug-likeness (QED) is 0.577. The zero-order valence-corrected chi connectivity index (χ0v) is 19.0. The third-order valence-electron chi connectivity index (χ3n) is 5.18. The monoisotopic (exact) mass is 461 g/mol. The molecule has 1 fully saturated rings. The first kappa shape index (κ1) is 22.5. The molecule has 0 atom stereocenters. The molecule has 4 rings (SSSR count). The van der Waals surface area contributed by atoms with E-state index in [1.807, 2.05) is 49.4 Å². The number of carbonyl (C=O) groups is 1. The van der Waals surface area contributed by atoms with Crippen molar-refractivity contribution >= 4 is 28.9 Å². The van der Waals surface area contributed by atoms with Crippen molar-refractivity contribution in [1.82, 2.24) is 9.47 Å². The Bertz CT molecular complexity index is 1360. The van der Waals surface area contributed by atoms with Gasteiger partial charge in [-0.3, -0.25) is 14.2 Å². The van der Waals surface area contributed by atoms with Crippen molar-refractivity contribution in [3.05, 3.63) is 79.7 Å². The van der Waals surface area contributed by atoms with Gasteiger partial charge in [0.25, 0.3) is 11.5 Å². The number of amides is 1. The Balaban J connectivity index is 1.98. The van der Waals surface area contributed by atoms with Crippen molar-refractivity contribution in [3.8, 4) is 17.5 Å². The van der Waals surface area contributed by atoms with Crippen LogP contribution in [-0.4, -0.2) is 48.3 Å². The van der Waals surface area contributed by atoms with E-state index in [-0.39, 0.29) is 11.1 Å². The van der Waals surface area contributed by atoms with Crippen LogP contribution in [0.4, 0.5) is 0 Å². The van der Waals surface area contributed by atoms with Crippen LogP contribution >= 0.6 is 11.3 Å². The summed E-state index contributed by atoms with van der Waals surface area (Å²) in [5.74, 6) is 0.266. The summed E-state index contributed by atoms with van der Waals surface area (Å²) in [5, 5.41) is 9.95. The summed E-state index contributed by atoms with van der Waals surface area (Å²) in [6.45, 7) is 4.06. The average Bonchev–Trinajstić information content (AvgIpc) is 3.17. The van der Waals surface area contributed by atoms with E-state index in [0.717, 1.165) is 16.9 Å². The molecular formula is C25H23N3O4S. The number of nitriles is 1. The molecule has 2 aromatic carbocycles. The van der Waals surface area contributed by atoms with Gasteiger partial charge >= 0.3 is 0 Å². The third kappa shape index (κ3) is 4.75. The van der Waals surface area contributed by atoms with Crippen molar-refractivity contribution in [2.75, 3.05) is 32.9 Å². The molecule has 0 aliphatic carbocycles. The van der Waals surface area contributed by atoms with Gasteiger partial charge in [-0.25, -0.2) is 0 Å². The predicted octanol–water partition coefficient (Wildman–Crippen LogP) is 1.66. The maximum atomic E-state index is 13.5. The molecule has 1 amide bonds. The molecule has 3 aromatic rings. The standard InChI is InChI=1S/C25H23N3O4S/c1-2-32-21-11-7-6-8-18(21)16-22-24(30)28(19-9-4-3-5-10-19)25(33-22)20(17-26)23(29)27-12-14-31-15-13-27/h3-11,16H,2,12-15H2,1H3/b22-16+,25-20-. The van der Waals surface area contributed by atoms with Crippen molar-refractivity contribution in [3.63, 3.8) is 0 Å². The maximum absolute atomic E-state index is 13.5. The Morgan fingerprint density at radius 1 is 1.15 bits per heavy atom. The normalized spacial score (nSPS) is 15.2. The molecule has 0 bridgehead atoms. The summed E-state index contributed by atoms with van der Waals surface area (Å²) < 4.78 is 13.2. The van der Waals surface area contributed by atoms with Gasteiger partial charge in [-0.1, -0.05) is 36.4 Å². The number of benzene rings is 2. The number of nitrogens with zero attached hydrogens (tertiary/aromatic N) is 3. The van der Waals surface area contributed by atoms with Gasteiger partial charge in [-0.15, -0.1) is 11.3 Å². The Labute approximate surface area is 195 Å². The van der Waals surface area contributed by atoms with Gasteiger partial charge in [-0.05, 0) is 31.2 Å². The van der Waals surface area contributed by atoms with Crippen molar-refractivity contribution in [2.45, 2.75) is 6.92 Å². The lowest BCUT2D eigenvalue weighted by Gasteiger charge is -2.26. The van der Waals surface area contributed by atoms with Crippen LogP contribution in [0.5, 0.6) is 5.75 Å². The van der Waals surface area contributed by atoms with Crippen LogP contribution in [-0.2, 0) is 9.53 Å². The van der Waals surface area contributed by atoms with E-state index < -0.39 is 5.91 Å². The fourth-order valence-corrected chi connectivity index (χ4v) is 4.69. The largest absolute Gasteiger partial charge is 0.493 e. The Hall–Kier alpha value is -3.67. The topological polar surface area (TPSA) is 84.6 Å². The molecule has 0 unspecified atom stereocenters. The highest BCUT2D eigenvalue weighted by molar-refractivity contribution is 7.07. The van der Waals surface area contributed by atoms with E-state index in [4.69, 9.17) is 9.47 Å². The lowest BCUT2D eigenvalue weighted by atomic mass is 10.2. The number of hydrogen-bond acceptors (Lipinski definition) is 6. The number of aromatic nitrogens is 1. The van der Waals surface area contributed by atoms with Crippen LogP contribution in [0.2, 0.25) is 0 Å². The second kappa shape index (κ2) is 10.3. The van der Waals surface area contributed by atoms with Crippen LogP contribution in [0.3, 0.4) is 0 Å². The Morgan fingerprint density at radius 2 is 1.85 bits per heavy atom. The number of hydrogen-bond donors (Lipinski definition) is 0. The van der Waals surface area contributed by atoms with Crippen LogP contribution in [0.1, 0.15) is 12.5 Å². The lowest BCUT2D eigenvalue weighted by Crippen LogP contribution is -2.42. The number of rotatable bonds is 5. The minimum absolute atomic E-state index is 0.0550. The van der Waals surface area contributed by atoms with Crippen molar-refractivity contribution < 1.29 is 14.3 Å². The Morgan fingerprint density at radius 3 is 2.55 bits per heavy atom. The summed E-state index contributed by atoms with van der Waals surface area (Å²) in [6, 6.07) is 18.5. The highest BCUT2D eigenvalue weighted by atomic mass is 32.1. The summed E-state index contributed by atoms with van der Waals surface area (Å²) in [6.07, 6.45) is 1.75. The number of carbonyl (C=O) groups excluding carboxylic acids is 1. The highest BCUT2D eigenvalue weighted by Gasteiger charge is 2.24. The lowest BCUT2D eigenvalue weighted by molar-refractivity contribution is -0.128. The van der Waals surface area contributed by atoms with Gasteiger partial charge in [0.1, 0.15) is 16.5 Å². The number of morpholine rings is 1. The number of para-hydroxylation sites is 2. The molecule has 0 radical (unpaired) electrons. The van der Waals surface area contributed by atoms with Crippen LogP contribution in [0, 0.1) is 11.3 Å². The molecule has 8 heteroatoms. The van der Waals surface area contributed by atoms with Crippen molar-refractivity contribution in [2.24, 2.45) is 0 Å². The van der Waals surface area contributed by atoms with Crippen LogP contribution in [0.15, 0.2) is 59.4 Å². The minimum atomic E-state index is -0.395. The molecule has 7 nitrogen and oxygen atoms in total.